The molecule has 0 aliphatic heterocycles. The van der Waals surface area contributed by atoms with Gasteiger partial charge in [-0.25, -0.2) is 0 Å². The summed E-state index contributed by atoms with van der Waals surface area (Å²) >= 11 is 0. The van der Waals surface area contributed by atoms with Gasteiger partial charge in [0.05, 0.1) is 0 Å². The minimum atomic E-state index is 0. The number of rotatable bonds is 1. The molecule has 0 radical (unpaired) electrons. The fraction of sp³-hybridized carbons (Fsp3) is 0.105. The Balaban J connectivity index is 0.000000236. The predicted molar refractivity (Wildman–Crippen MR) is 83.3 cm³/mol. The molecule has 0 saturated carbocycles. The van der Waals surface area contributed by atoms with Crippen LogP contribution in [0.25, 0.3) is 11.1 Å². The topological polar surface area (TPSA) is 23.1 Å². The average molecular weight is 318 g/mol. The van der Waals surface area contributed by atoms with Crippen LogP contribution >= 0.6 is 0 Å². The van der Waals surface area contributed by atoms with Crippen LogP contribution in [0.15, 0.2) is 78.6 Å². The summed E-state index contributed by atoms with van der Waals surface area (Å²) in [6.07, 6.45) is 8.05. The maximum absolute atomic E-state index is 9.87. The van der Waals surface area contributed by atoms with E-state index < -0.39 is 0 Å². The normalized spacial score (nSPS) is 11.6. The van der Waals surface area contributed by atoms with Gasteiger partial charge in [-0.05, 0) is 25.0 Å². The van der Waals surface area contributed by atoms with E-state index in [0.29, 0.717) is 0 Å². The molecule has 2 aromatic carbocycles. The van der Waals surface area contributed by atoms with Crippen LogP contribution in [-0.2, 0) is 17.1 Å². The van der Waals surface area contributed by atoms with Crippen LogP contribution in [0.4, 0.5) is 0 Å². The third-order valence-corrected chi connectivity index (χ3v) is 3.33. The first-order chi connectivity index (χ1) is 9.70. The molecule has 2 heteroatoms. The first kappa shape index (κ1) is 17.2. The van der Waals surface area contributed by atoms with Gasteiger partial charge >= 0.3 is 17.1 Å². The molecule has 1 aliphatic carbocycles. The molecule has 21 heavy (non-hydrogen) atoms. The maximum Gasteiger partial charge on any atom is 2.00 e. The van der Waals surface area contributed by atoms with Crippen molar-refractivity contribution in [2.45, 2.75) is 13.8 Å². The molecule has 0 fully saturated rings. The van der Waals surface area contributed by atoms with E-state index >= 15 is 0 Å². The van der Waals surface area contributed by atoms with Crippen LogP contribution in [0, 0.1) is 13.8 Å². The Morgan fingerprint density at radius 1 is 1.00 bits per heavy atom. The van der Waals surface area contributed by atoms with Crippen molar-refractivity contribution in [2.75, 3.05) is 0 Å². The number of aryl methyl sites for hydroxylation is 2. The molecule has 1 nitrogen and oxygen atoms in total. The number of benzene rings is 1. The van der Waals surface area contributed by atoms with Gasteiger partial charge in [-0.3, -0.25) is 0 Å². The minimum Gasteiger partial charge on any atom is -0.877 e. The number of hydrogen-bond donors (Lipinski definition) is 0. The SMILES string of the molecule is Cc1ccc(-c2ccc[cH-]2)cc1C.[Fe+2].[O-]C=C1C=CC=C1. The molecule has 0 bridgehead atoms. The second-order valence-electron chi connectivity index (χ2n) is 4.81. The summed E-state index contributed by atoms with van der Waals surface area (Å²) in [5, 5.41) is 9.87. The van der Waals surface area contributed by atoms with Gasteiger partial charge in [-0.15, -0.1) is 12.3 Å². The molecule has 2 aromatic rings. The van der Waals surface area contributed by atoms with Gasteiger partial charge in [0.2, 0.25) is 0 Å². The van der Waals surface area contributed by atoms with E-state index in [1.165, 1.54) is 22.3 Å². The van der Waals surface area contributed by atoms with Crippen molar-refractivity contribution in [1.29, 1.82) is 0 Å². The van der Waals surface area contributed by atoms with Crippen molar-refractivity contribution in [3.8, 4) is 11.1 Å². The van der Waals surface area contributed by atoms with Gasteiger partial charge in [0.25, 0.3) is 0 Å². The van der Waals surface area contributed by atoms with Crippen LogP contribution < -0.4 is 5.11 Å². The number of hydrogen-bond acceptors (Lipinski definition) is 1. The largest absolute Gasteiger partial charge is 2.00 e. The molecule has 0 N–H and O–H groups in total. The Morgan fingerprint density at radius 3 is 2.19 bits per heavy atom. The van der Waals surface area contributed by atoms with Crippen molar-refractivity contribution in [1.82, 2.24) is 0 Å². The quantitative estimate of drug-likeness (QED) is 0.442. The van der Waals surface area contributed by atoms with Crippen LogP contribution in [0.5, 0.6) is 0 Å². The zero-order chi connectivity index (χ0) is 14.4. The third kappa shape index (κ3) is 4.86. The Kier molecular flexibility index (Phi) is 6.87. The van der Waals surface area contributed by atoms with E-state index in [1.807, 2.05) is 12.2 Å². The first-order valence-electron chi connectivity index (χ1n) is 6.67. The van der Waals surface area contributed by atoms with E-state index in [9.17, 15) is 5.11 Å². The molecule has 0 unspecified atom stereocenters. The number of allylic oxidation sites excluding steroid dienone is 5. The van der Waals surface area contributed by atoms with Crippen molar-refractivity contribution in [2.24, 2.45) is 0 Å². The Hall–Kier alpha value is -1.89. The molecule has 0 aromatic heterocycles. The molecule has 108 valence electrons. The standard InChI is InChI=1S/C13H13.C6H6O.Fe/c1-10-7-8-13(9-11(10)2)12-5-3-4-6-12;7-5-6-3-1-2-4-6;/h3-9H,1-2H3;1-5,7H;/q-1;;+2/p-1. The average Bonchev–Trinajstić information content (AvgIpc) is 3.15. The van der Waals surface area contributed by atoms with Crippen LogP contribution in [0.2, 0.25) is 0 Å². The fourth-order valence-corrected chi connectivity index (χ4v) is 1.95. The summed E-state index contributed by atoms with van der Waals surface area (Å²) in [4.78, 5) is 0. The molecule has 0 atom stereocenters. The summed E-state index contributed by atoms with van der Waals surface area (Å²) in [5.41, 5.74) is 6.09. The predicted octanol–water partition coefficient (Wildman–Crippen LogP) is 4.04. The Morgan fingerprint density at radius 2 is 1.71 bits per heavy atom. The molecule has 3 rings (SSSR count). The van der Waals surface area contributed by atoms with E-state index in [-0.39, 0.29) is 17.1 Å². The van der Waals surface area contributed by atoms with Gasteiger partial charge in [0.1, 0.15) is 0 Å². The van der Waals surface area contributed by atoms with Crippen LogP contribution in [0.1, 0.15) is 11.1 Å². The smallest absolute Gasteiger partial charge is 0.877 e. The van der Waals surface area contributed by atoms with Gasteiger partial charge in [0.15, 0.2) is 0 Å². The van der Waals surface area contributed by atoms with E-state index in [2.05, 4.69) is 56.3 Å². The molecule has 1 aliphatic rings. The van der Waals surface area contributed by atoms with Crippen LogP contribution in [-0.4, -0.2) is 0 Å². The zero-order valence-corrected chi connectivity index (χ0v) is 13.3. The zero-order valence-electron chi connectivity index (χ0n) is 12.2. The fourth-order valence-electron chi connectivity index (χ4n) is 1.95. The van der Waals surface area contributed by atoms with Crippen LogP contribution in [0.3, 0.4) is 0 Å². The Bertz CT molecular complexity index is 632. The molecule has 0 heterocycles. The van der Waals surface area contributed by atoms with Crippen molar-refractivity contribution >= 4 is 0 Å². The van der Waals surface area contributed by atoms with Gasteiger partial charge < -0.3 is 5.11 Å². The Labute approximate surface area is 137 Å². The van der Waals surface area contributed by atoms with Crippen molar-refractivity contribution in [3.05, 3.63) is 89.7 Å². The molecule has 0 saturated heterocycles. The van der Waals surface area contributed by atoms with Gasteiger partial charge in [-0.1, -0.05) is 53.6 Å². The molecular weight excluding hydrogens is 300 g/mol. The van der Waals surface area contributed by atoms with E-state index in [1.54, 1.807) is 12.2 Å². The monoisotopic (exact) mass is 318 g/mol. The van der Waals surface area contributed by atoms with Gasteiger partial charge in [-0.2, -0.15) is 23.8 Å². The minimum absolute atomic E-state index is 0. The summed E-state index contributed by atoms with van der Waals surface area (Å²) < 4.78 is 0. The third-order valence-electron chi connectivity index (χ3n) is 3.33. The van der Waals surface area contributed by atoms with E-state index in [0.717, 1.165) is 11.8 Å². The van der Waals surface area contributed by atoms with E-state index in [4.69, 9.17) is 0 Å². The summed E-state index contributed by atoms with van der Waals surface area (Å²) in [6, 6.07) is 15.0. The summed E-state index contributed by atoms with van der Waals surface area (Å²) in [7, 11) is 0. The summed E-state index contributed by atoms with van der Waals surface area (Å²) in [6.45, 7) is 4.30. The molecular formula is C19H18FeO. The second-order valence-corrected chi connectivity index (χ2v) is 4.81. The maximum atomic E-state index is 9.87. The molecule has 0 spiro atoms. The first-order valence-corrected chi connectivity index (χ1v) is 6.67. The molecule has 0 amide bonds. The summed E-state index contributed by atoms with van der Waals surface area (Å²) in [5.74, 6) is 0. The van der Waals surface area contributed by atoms with Crippen molar-refractivity contribution in [3.63, 3.8) is 0 Å². The second kappa shape index (κ2) is 8.41. The van der Waals surface area contributed by atoms with Crippen molar-refractivity contribution < 1.29 is 22.2 Å². The van der Waals surface area contributed by atoms with Gasteiger partial charge in [0, 0.05) is 0 Å².